The predicted octanol–water partition coefficient (Wildman–Crippen LogP) is 7.48. The van der Waals surface area contributed by atoms with Crippen molar-refractivity contribution < 1.29 is 54.2 Å². The zero-order chi connectivity index (χ0) is 45.5. The van der Waals surface area contributed by atoms with Crippen molar-refractivity contribution in [2.45, 2.75) is 38.9 Å². The lowest BCUT2D eigenvalue weighted by molar-refractivity contribution is -0.0501. The standard InChI is InChI=1S/C19H16ClFN4O.C14H12ClF3N4O4S.C6H6BFO2.CH4/c20-13-2-1-3-15(10-13)22-19(26)25-9-8-17-16(11-25)18(24-23-17)12-4-6-14(21)7-5-12;15-8-2-1-3-9(6-8)19-13(23)22-5-4-11-10(7-22)12(21-20-11)26-27(24,25)14(16,17)18;8-6-3-1-5(2-4-6)7(9)10;/h1-7,10H,8-9,11H2,(H,22,26)(H,23,24);1-3,6H,4-5,7H2,(H,19,23)(H,20,21);1-4,9-10H;1H4. The number of hydrogen-bond donors (Lipinski definition) is 6. The van der Waals surface area contributed by atoms with Gasteiger partial charge in [-0.05, 0) is 78.3 Å². The third-order valence-corrected chi connectivity index (χ3v) is 10.7. The van der Waals surface area contributed by atoms with Crippen LogP contribution in [0.5, 0.6) is 5.88 Å². The van der Waals surface area contributed by atoms with Gasteiger partial charge >= 0.3 is 34.8 Å². The summed E-state index contributed by atoms with van der Waals surface area (Å²) in [6.07, 6.45) is 0.924. The fraction of sp³-hybridized carbons (Fsp3) is 0.200. The Labute approximate surface area is 373 Å². The van der Waals surface area contributed by atoms with Crippen LogP contribution in [0.2, 0.25) is 10.0 Å². The zero-order valence-corrected chi connectivity index (χ0v) is 34.7. The van der Waals surface area contributed by atoms with Crippen molar-refractivity contribution in [2.75, 3.05) is 23.7 Å². The second kappa shape index (κ2) is 21.0. The first-order valence-corrected chi connectivity index (χ1v) is 20.7. The van der Waals surface area contributed by atoms with Gasteiger partial charge in [0.25, 0.3) is 5.88 Å². The minimum absolute atomic E-state index is 0. The summed E-state index contributed by atoms with van der Waals surface area (Å²) < 4.78 is 89.3. The lowest BCUT2D eigenvalue weighted by atomic mass is 9.80. The van der Waals surface area contributed by atoms with E-state index in [1.807, 2.05) is 0 Å². The Kier molecular flexibility index (Phi) is 16.0. The summed E-state index contributed by atoms with van der Waals surface area (Å²) in [5.74, 6) is -1.41. The van der Waals surface area contributed by atoms with Gasteiger partial charge in [0.1, 0.15) is 11.6 Å². The molecule has 0 aliphatic carbocycles. The number of fused-ring (bicyclic) bond motifs is 2. The highest BCUT2D eigenvalue weighted by molar-refractivity contribution is 7.88. The van der Waals surface area contributed by atoms with Crippen molar-refractivity contribution in [3.8, 4) is 17.1 Å². The SMILES string of the molecule is C.O=C(Nc1cccc(Cl)c1)N1CCc2[nH]nc(-c3ccc(F)cc3)c2C1.O=C(Nc1cccc(Cl)c1)N1CCc2[nH]nc(OS(=O)(=O)C(F)(F)F)c2C1.OB(O)c1ccc(F)cc1. The van der Waals surface area contributed by atoms with Gasteiger partial charge in [0, 0.05) is 69.9 Å². The Bertz CT molecular complexity index is 2680. The van der Waals surface area contributed by atoms with E-state index in [-0.39, 0.29) is 50.2 Å². The molecular weight excluding hydrogens is 913 g/mol. The molecule has 2 aliphatic rings. The van der Waals surface area contributed by atoms with Gasteiger partial charge in [0.05, 0.1) is 24.3 Å². The molecule has 2 aliphatic heterocycles. The van der Waals surface area contributed by atoms with Crippen molar-refractivity contribution >= 4 is 69.3 Å². The molecule has 6 N–H and O–H groups in total. The van der Waals surface area contributed by atoms with Gasteiger partial charge in [-0.3, -0.25) is 10.2 Å². The van der Waals surface area contributed by atoms with E-state index in [0.717, 1.165) is 22.5 Å². The molecule has 64 heavy (non-hydrogen) atoms. The summed E-state index contributed by atoms with van der Waals surface area (Å²) in [5, 5.41) is 36.9. The summed E-state index contributed by atoms with van der Waals surface area (Å²) in [6, 6.07) is 23.9. The minimum Gasteiger partial charge on any atom is -0.423 e. The molecule has 0 spiro atoms. The van der Waals surface area contributed by atoms with E-state index in [4.69, 9.17) is 33.2 Å². The maximum atomic E-state index is 13.2. The molecule has 0 saturated carbocycles. The molecule has 0 radical (unpaired) electrons. The number of H-pyrrole nitrogens is 2. The lowest BCUT2D eigenvalue weighted by Crippen LogP contribution is -2.39. The number of rotatable bonds is 6. The van der Waals surface area contributed by atoms with Crippen molar-refractivity contribution in [3.63, 3.8) is 0 Å². The van der Waals surface area contributed by atoms with Gasteiger partial charge < -0.3 is 34.7 Å². The van der Waals surface area contributed by atoms with Crippen LogP contribution in [-0.4, -0.2) is 86.4 Å². The van der Waals surface area contributed by atoms with E-state index in [1.54, 1.807) is 59.5 Å². The Balaban J connectivity index is 0.000000196. The van der Waals surface area contributed by atoms with Gasteiger partial charge in [-0.2, -0.15) is 26.7 Å². The van der Waals surface area contributed by atoms with Crippen LogP contribution in [0.4, 0.5) is 42.9 Å². The number of amides is 4. The van der Waals surface area contributed by atoms with Crippen LogP contribution in [0.15, 0.2) is 97.1 Å². The predicted molar refractivity (Wildman–Crippen MR) is 230 cm³/mol. The molecule has 15 nitrogen and oxygen atoms in total. The van der Waals surface area contributed by atoms with Crippen LogP contribution < -0.4 is 20.3 Å². The highest BCUT2D eigenvalue weighted by Gasteiger charge is 2.49. The number of urea groups is 2. The molecule has 0 saturated heterocycles. The first-order valence-electron chi connectivity index (χ1n) is 18.5. The van der Waals surface area contributed by atoms with E-state index in [9.17, 15) is 40.0 Å². The molecule has 24 heteroatoms. The van der Waals surface area contributed by atoms with E-state index in [0.29, 0.717) is 52.1 Å². The molecule has 4 amide bonds. The molecule has 338 valence electrons. The molecule has 0 unspecified atom stereocenters. The lowest BCUT2D eigenvalue weighted by Gasteiger charge is -2.27. The molecule has 2 aromatic heterocycles. The zero-order valence-electron chi connectivity index (χ0n) is 32.3. The molecule has 0 bridgehead atoms. The van der Waals surface area contributed by atoms with Gasteiger partial charge in [-0.1, -0.05) is 54.9 Å². The van der Waals surface area contributed by atoms with Crippen molar-refractivity contribution in [2.24, 2.45) is 0 Å². The van der Waals surface area contributed by atoms with Crippen LogP contribution >= 0.6 is 23.2 Å². The fourth-order valence-electron chi connectivity index (χ4n) is 6.15. The second-order valence-electron chi connectivity index (χ2n) is 13.7. The molecule has 6 aromatic rings. The summed E-state index contributed by atoms with van der Waals surface area (Å²) in [6.45, 7) is 1.09. The number of aromatic nitrogens is 4. The molecule has 4 heterocycles. The third-order valence-electron chi connectivity index (χ3n) is 9.31. The average molecular weight is 952 g/mol. The number of carbonyl (C=O) groups excluding carboxylic acids is 2. The fourth-order valence-corrected chi connectivity index (χ4v) is 6.97. The Hall–Kier alpha value is -6.20. The number of hydrogen-bond acceptors (Lipinski definition) is 9. The van der Waals surface area contributed by atoms with Crippen molar-refractivity contribution in [1.29, 1.82) is 0 Å². The van der Waals surface area contributed by atoms with Gasteiger partial charge in [-0.25, -0.2) is 18.4 Å². The largest absolute Gasteiger partial charge is 0.534 e. The molecule has 0 fully saturated rings. The van der Waals surface area contributed by atoms with E-state index in [1.165, 1.54) is 47.4 Å². The molecular formula is C40H38BCl2F5N8O7S. The van der Waals surface area contributed by atoms with Gasteiger partial charge in [0.15, 0.2) is 0 Å². The third kappa shape index (κ3) is 12.5. The number of nitrogens with one attached hydrogen (secondary N) is 4. The Morgan fingerprint density at radius 3 is 1.69 bits per heavy atom. The maximum absolute atomic E-state index is 13.2. The summed E-state index contributed by atoms with van der Waals surface area (Å²) in [4.78, 5) is 28.0. The van der Waals surface area contributed by atoms with Crippen molar-refractivity contribution in [1.82, 2.24) is 30.2 Å². The topological polar surface area (TPSA) is 206 Å². The van der Waals surface area contributed by atoms with Crippen LogP contribution in [0.25, 0.3) is 11.3 Å². The highest BCUT2D eigenvalue weighted by atomic mass is 35.5. The molecule has 0 atom stereocenters. The van der Waals surface area contributed by atoms with Gasteiger partial charge in [-0.15, -0.1) is 5.10 Å². The maximum Gasteiger partial charge on any atom is 0.534 e. The average Bonchev–Trinajstić information content (AvgIpc) is 3.84. The molecule has 8 rings (SSSR count). The normalized spacial score (nSPS) is 13.1. The minimum atomic E-state index is -5.86. The monoisotopic (exact) mass is 950 g/mol. The first-order chi connectivity index (χ1) is 29.9. The summed E-state index contributed by atoms with van der Waals surface area (Å²) in [7, 11) is -7.37. The van der Waals surface area contributed by atoms with Crippen molar-refractivity contribution in [3.05, 3.63) is 141 Å². The quantitative estimate of drug-likeness (QED) is 0.0423. The highest BCUT2D eigenvalue weighted by Crippen LogP contribution is 2.32. The Morgan fingerprint density at radius 2 is 1.20 bits per heavy atom. The number of carbonyl (C=O) groups is 2. The number of aromatic amines is 2. The summed E-state index contributed by atoms with van der Waals surface area (Å²) in [5.41, 5.74) is -0.204. The summed E-state index contributed by atoms with van der Waals surface area (Å²) >= 11 is 11.8. The van der Waals surface area contributed by atoms with E-state index < -0.39 is 34.7 Å². The Morgan fingerprint density at radius 1 is 0.734 bits per heavy atom. The van der Waals surface area contributed by atoms with Crippen LogP contribution in [0.3, 0.4) is 0 Å². The number of alkyl halides is 3. The smallest absolute Gasteiger partial charge is 0.423 e. The number of nitrogens with zero attached hydrogens (tertiary/aromatic N) is 4. The van der Waals surface area contributed by atoms with E-state index in [2.05, 4.69) is 35.2 Å². The number of benzene rings is 4. The second-order valence-corrected chi connectivity index (χ2v) is 16.1. The van der Waals surface area contributed by atoms with Crippen LogP contribution in [0, 0.1) is 11.6 Å². The van der Waals surface area contributed by atoms with Gasteiger partial charge in [0.2, 0.25) is 0 Å². The van der Waals surface area contributed by atoms with Crippen LogP contribution in [0.1, 0.15) is 29.9 Å². The van der Waals surface area contributed by atoms with Crippen LogP contribution in [-0.2, 0) is 36.0 Å². The number of halogens is 7. The molecule has 4 aromatic carbocycles. The van der Waals surface area contributed by atoms with E-state index >= 15 is 0 Å². The first kappa shape index (κ1) is 48.8. The number of anilines is 2.